The lowest BCUT2D eigenvalue weighted by Gasteiger charge is -2.26. The molecular formula is C22H21ClN6O4. The number of nitrogens with two attached hydrogens (primary N) is 2. The van der Waals surface area contributed by atoms with Crippen LogP contribution in [0.1, 0.15) is 19.1 Å². The van der Waals surface area contributed by atoms with Crippen LogP contribution in [-0.4, -0.2) is 53.6 Å². The van der Waals surface area contributed by atoms with Gasteiger partial charge in [0.2, 0.25) is 0 Å². The van der Waals surface area contributed by atoms with Gasteiger partial charge < -0.3 is 35.7 Å². The Labute approximate surface area is 192 Å². The van der Waals surface area contributed by atoms with E-state index >= 15 is 0 Å². The molecule has 0 radical (unpaired) electrons. The molecule has 1 saturated heterocycles. The molecule has 170 valence electrons. The lowest BCUT2D eigenvalue weighted by molar-refractivity contribution is -0.0791. The van der Waals surface area contributed by atoms with Crippen LogP contribution in [0, 0.1) is 0 Å². The number of rotatable bonds is 3. The summed E-state index contributed by atoms with van der Waals surface area (Å²) in [7, 11) is 0. The number of fused-ring (bicyclic) bond motifs is 3. The van der Waals surface area contributed by atoms with Gasteiger partial charge in [-0.2, -0.15) is 0 Å². The number of aliphatic hydroxyl groups excluding tert-OH is 1. The highest BCUT2D eigenvalue weighted by atomic mass is 35.5. The molecule has 1 saturated carbocycles. The van der Waals surface area contributed by atoms with Crippen LogP contribution in [0.3, 0.4) is 0 Å². The number of pyridine rings is 1. The van der Waals surface area contributed by atoms with Crippen LogP contribution in [0.4, 0.5) is 11.6 Å². The number of ether oxygens (including phenoxy) is 2. The molecule has 0 amide bonds. The number of anilines is 2. The molecule has 1 aliphatic carbocycles. The van der Waals surface area contributed by atoms with Gasteiger partial charge in [0.1, 0.15) is 53.3 Å². The second kappa shape index (κ2) is 7.16. The number of aromatic nitrogens is 4. The van der Waals surface area contributed by atoms with E-state index in [1.165, 1.54) is 6.33 Å². The molecule has 1 unspecified atom stereocenters. The molecule has 4 heterocycles. The Morgan fingerprint density at radius 3 is 2.88 bits per heavy atom. The largest absolute Gasteiger partial charge is 0.488 e. The summed E-state index contributed by atoms with van der Waals surface area (Å²) in [4.78, 5) is 12.6. The van der Waals surface area contributed by atoms with E-state index in [2.05, 4.69) is 15.0 Å². The Morgan fingerprint density at radius 1 is 1.18 bits per heavy atom. The average Bonchev–Trinajstić information content (AvgIpc) is 3.42. The molecule has 1 aliphatic heterocycles. The molecular weight excluding hydrogens is 448 g/mol. The second-order valence-corrected chi connectivity index (χ2v) is 8.91. The second-order valence-electron chi connectivity index (χ2n) is 8.51. The summed E-state index contributed by atoms with van der Waals surface area (Å²) in [5, 5.41) is 24.2. The minimum absolute atomic E-state index is 0.241. The van der Waals surface area contributed by atoms with Crippen molar-refractivity contribution in [2.45, 2.75) is 43.0 Å². The Bertz CT molecular complexity index is 1400. The van der Waals surface area contributed by atoms with Crippen molar-refractivity contribution >= 4 is 45.2 Å². The van der Waals surface area contributed by atoms with Gasteiger partial charge in [-0.3, -0.25) is 0 Å². The zero-order valence-electron chi connectivity index (χ0n) is 17.3. The topological polar surface area (TPSA) is 155 Å². The predicted molar refractivity (Wildman–Crippen MR) is 122 cm³/mol. The average molecular weight is 469 g/mol. The lowest BCUT2D eigenvalue weighted by atomic mass is 9.94. The smallest absolute Gasteiger partial charge is 0.164 e. The van der Waals surface area contributed by atoms with Crippen molar-refractivity contribution in [2.75, 3.05) is 11.5 Å². The van der Waals surface area contributed by atoms with Gasteiger partial charge in [0, 0.05) is 17.6 Å². The molecule has 4 aromatic rings. The molecule has 1 aromatic carbocycles. The third-order valence-electron chi connectivity index (χ3n) is 6.60. The van der Waals surface area contributed by atoms with Gasteiger partial charge in [0.15, 0.2) is 6.23 Å². The van der Waals surface area contributed by atoms with Gasteiger partial charge in [-0.15, -0.1) is 0 Å². The Hall–Kier alpha value is -3.18. The Balaban J connectivity index is 1.29. The lowest BCUT2D eigenvalue weighted by Crippen LogP contribution is -2.47. The first-order valence-electron chi connectivity index (χ1n) is 10.5. The predicted octanol–water partition coefficient (Wildman–Crippen LogP) is 2.03. The summed E-state index contributed by atoms with van der Waals surface area (Å²) in [5.41, 5.74) is 11.5. The first-order valence-corrected chi connectivity index (χ1v) is 10.9. The number of halogens is 1. The van der Waals surface area contributed by atoms with Crippen LogP contribution >= 0.6 is 11.6 Å². The van der Waals surface area contributed by atoms with Crippen LogP contribution in [0.5, 0.6) is 5.75 Å². The van der Waals surface area contributed by atoms with Crippen LogP contribution in [0.15, 0.2) is 42.9 Å². The third kappa shape index (κ3) is 3.02. The van der Waals surface area contributed by atoms with E-state index in [0.717, 1.165) is 5.39 Å². The summed E-state index contributed by atoms with van der Waals surface area (Å²) >= 11 is 6.05. The van der Waals surface area contributed by atoms with Gasteiger partial charge in [-0.25, -0.2) is 15.0 Å². The number of nitrogen functional groups attached to an aromatic ring is 2. The summed E-state index contributed by atoms with van der Waals surface area (Å²) in [6.45, 7) is 0. The van der Waals surface area contributed by atoms with E-state index in [1.54, 1.807) is 35.0 Å². The van der Waals surface area contributed by atoms with Crippen LogP contribution in [0.2, 0.25) is 5.02 Å². The fourth-order valence-electron chi connectivity index (χ4n) is 4.90. The minimum atomic E-state index is -1.46. The standard InChI is InChI=1S/C22H21ClN6O4/c23-13-7-10-1-2-11(8-14(10)28-19(13)25)32-15-3-5-22(31)16(30)21(33-17(15)22)29-6-4-12-18(24)26-9-27-20(12)29/h1-2,4,6-9,15-17,21,30-31H,3,5H2,(H2,25,28)(H2,24,26,27)/t15-,16?,17+,21+,22-/m0/s1. The molecule has 0 spiro atoms. The molecule has 2 fully saturated rings. The zero-order chi connectivity index (χ0) is 22.9. The van der Waals surface area contributed by atoms with Crippen LogP contribution < -0.4 is 16.2 Å². The maximum Gasteiger partial charge on any atom is 0.164 e. The van der Waals surface area contributed by atoms with Crippen LogP contribution in [-0.2, 0) is 4.74 Å². The molecule has 10 nitrogen and oxygen atoms in total. The van der Waals surface area contributed by atoms with Crippen molar-refractivity contribution < 1.29 is 19.7 Å². The molecule has 3 aromatic heterocycles. The van der Waals surface area contributed by atoms with Gasteiger partial charge in [-0.1, -0.05) is 11.6 Å². The summed E-state index contributed by atoms with van der Waals surface area (Å²) in [6.07, 6.45) is 0.664. The van der Waals surface area contributed by atoms with E-state index in [4.69, 9.17) is 32.5 Å². The zero-order valence-corrected chi connectivity index (χ0v) is 18.1. The minimum Gasteiger partial charge on any atom is -0.488 e. The highest BCUT2D eigenvalue weighted by molar-refractivity contribution is 6.33. The van der Waals surface area contributed by atoms with E-state index in [0.29, 0.717) is 46.0 Å². The van der Waals surface area contributed by atoms with E-state index in [-0.39, 0.29) is 5.82 Å². The molecule has 2 aliphatic rings. The summed E-state index contributed by atoms with van der Waals surface area (Å²) in [5.74, 6) is 1.13. The van der Waals surface area contributed by atoms with E-state index in [9.17, 15) is 10.2 Å². The Kier molecular flexibility index (Phi) is 4.43. The van der Waals surface area contributed by atoms with Crippen molar-refractivity contribution in [2.24, 2.45) is 0 Å². The third-order valence-corrected chi connectivity index (χ3v) is 6.90. The fourth-order valence-corrected chi connectivity index (χ4v) is 5.06. The van der Waals surface area contributed by atoms with Crippen molar-refractivity contribution in [3.63, 3.8) is 0 Å². The molecule has 33 heavy (non-hydrogen) atoms. The highest BCUT2D eigenvalue weighted by Gasteiger charge is 2.62. The number of aliphatic hydroxyl groups is 2. The number of hydrogen-bond acceptors (Lipinski definition) is 9. The highest BCUT2D eigenvalue weighted by Crippen LogP contribution is 2.48. The Morgan fingerprint density at radius 2 is 2.03 bits per heavy atom. The SMILES string of the molecule is Nc1nc2cc(O[C@H]3CC[C@]4(O)C(O)[C@H](n5ccc6c(N)ncnc65)O[C@H]34)ccc2cc1Cl. The van der Waals surface area contributed by atoms with Gasteiger partial charge in [0.25, 0.3) is 0 Å². The first kappa shape index (κ1) is 20.4. The summed E-state index contributed by atoms with van der Waals surface area (Å²) < 4.78 is 14.0. The van der Waals surface area contributed by atoms with Gasteiger partial charge >= 0.3 is 0 Å². The molecule has 6 rings (SSSR count). The van der Waals surface area contributed by atoms with Crippen LogP contribution in [0.25, 0.3) is 21.9 Å². The number of nitrogens with zero attached hydrogens (tertiary/aromatic N) is 4. The summed E-state index contributed by atoms with van der Waals surface area (Å²) in [6, 6.07) is 8.91. The van der Waals surface area contributed by atoms with Crippen molar-refractivity contribution in [3.8, 4) is 5.75 Å². The number of benzene rings is 1. The monoisotopic (exact) mass is 468 g/mol. The van der Waals surface area contributed by atoms with Crippen molar-refractivity contribution in [3.05, 3.63) is 47.9 Å². The normalized spacial score (nSPS) is 29.1. The van der Waals surface area contributed by atoms with Crippen molar-refractivity contribution in [1.82, 2.24) is 19.5 Å². The van der Waals surface area contributed by atoms with E-state index < -0.39 is 30.1 Å². The fraction of sp³-hybridized carbons (Fsp3) is 0.318. The molecule has 11 heteroatoms. The van der Waals surface area contributed by atoms with Crippen molar-refractivity contribution in [1.29, 1.82) is 0 Å². The maximum atomic E-state index is 11.3. The number of hydrogen-bond donors (Lipinski definition) is 4. The molecule has 0 bridgehead atoms. The van der Waals surface area contributed by atoms with E-state index in [1.807, 2.05) is 6.07 Å². The van der Waals surface area contributed by atoms with Gasteiger partial charge in [0.05, 0.1) is 15.9 Å². The maximum absolute atomic E-state index is 11.3. The quantitative estimate of drug-likeness (QED) is 0.353. The van der Waals surface area contributed by atoms with Gasteiger partial charge in [-0.05, 0) is 37.1 Å². The molecule has 6 N–H and O–H groups in total. The molecule has 5 atom stereocenters. The first-order chi connectivity index (χ1) is 15.8.